The van der Waals surface area contributed by atoms with Gasteiger partial charge in [-0.15, -0.1) is 0 Å². The lowest BCUT2D eigenvalue weighted by Gasteiger charge is -2.29. The molecule has 0 radical (unpaired) electrons. The van der Waals surface area contributed by atoms with Crippen LogP contribution in [0.15, 0.2) is 0 Å². The Labute approximate surface area is 90.8 Å². The zero-order valence-corrected chi connectivity index (χ0v) is 10.2. The Morgan fingerprint density at radius 3 is 2.27 bits per heavy atom. The molecular formula is C9H18O5S. The average molecular weight is 238 g/mol. The molecule has 1 aliphatic rings. The van der Waals surface area contributed by atoms with Gasteiger partial charge in [0.1, 0.15) is 0 Å². The monoisotopic (exact) mass is 238 g/mol. The molecule has 0 aromatic carbocycles. The summed E-state index contributed by atoms with van der Waals surface area (Å²) < 4.78 is 38.6. The molecule has 0 amide bonds. The van der Waals surface area contributed by atoms with Gasteiger partial charge in [-0.2, -0.15) is 8.42 Å². The van der Waals surface area contributed by atoms with E-state index in [1.165, 1.54) is 0 Å². The van der Waals surface area contributed by atoms with Gasteiger partial charge in [-0.05, 0) is 6.42 Å². The van der Waals surface area contributed by atoms with Gasteiger partial charge >= 0.3 is 5.97 Å². The number of hydrogen-bond acceptors (Lipinski definition) is 5. The molecule has 0 bridgehead atoms. The molecule has 0 N–H and O–H groups in total. The van der Waals surface area contributed by atoms with Crippen LogP contribution in [0.3, 0.4) is 0 Å². The van der Waals surface area contributed by atoms with E-state index in [0.29, 0.717) is 19.6 Å². The molecule has 0 aromatic rings. The highest BCUT2D eigenvalue weighted by Gasteiger charge is 2.45. The second kappa shape index (κ2) is 4.78. The van der Waals surface area contributed by atoms with Crippen molar-refractivity contribution in [1.82, 2.24) is 0 Å². The summed E-state index contributed by atoms with van der Waals surface area (Å²) in [6, 6.07) is 0. The minimum Gasteiger partial charge on any atom is -0.324 e. The molecule has 0 unspecified atom stereocenters. The minimum atomic E-state index is -3.57. The van der Waals surface area contributed by atoms with Crippen molar-refractivity contribution in [2.45, 2.75) is 33.2 Å². The molecule has 6 heteroatoms. The highest BCUT2D eigenvalue weighted by Crippen LogP contribution is 2.31. The molecule has 0 atom stereocenters. The third-order valence-corrected chi connectivity index (χ3v) is 3.49. The van der Waals surface area contributed by atoms with E-state index in [9.17, 15) is 8.42 Å². The maximum atomic E-state index is 11.5. The van der Waals surface area contributed by atoms with Crippen molar-refractivity contribution in [2.24, 2.45) is 5.92 Å². The Kier molecular flexibility index (Phi) is 4.11. The molecule has 0 saturated carbocycles. The second-order valence-corrected chi connectivity index (χ2v) is 5.49. The lowest BCUT2D eigenvalue weighted by Crippen LogP contribution is -2.42. The van der Waals surface area contributed by atoms with Crippen LogP contribution >= 0.6 is 0 Å². The zero-order valence-electron chi connectivity index (χ0n) is 9.36. The second-order valence-electron chi connectivity index (χ2n) is 3.80. The van der Waals surface area contributed by atoms with E-state index in [1.54, 1.807) is 20.8 Å². The molecule has 1 fully saturated rings. The predicted octanol–water partition coefficient (Wildman–Crippen LogP) is 1.10. The molecule has 1 aliphatic heterocycles. The summed E-state index contributed by atoms with van der Waals surface area (Å²) in [4.78, 5) is 0. The van der Waals surface area contributed by atoms with Crippen LogP contribution in [-0.2, 0) is 23.8 Å². The number of ether oxygens (including phenoxy) is 2. The third-order valence-electron chi connectivity index (χ3n) is 2.09. The van der Waals surface area contributed by atoms with Crippen LogP contribution in [-0.4, -0.2) is 33.4 Å². The van der Waals surface area contributed by atoms with Crippen molar-refractivity contribution in [3.05, 3.63) is 0 Å². The first kappa shape index (κ1) is 12.9. The Bertz CT molecular complexity index is 290. The topological polar surface area (TPSA) is 61.8 Å². The first-order chi connectivity index (χ1) is 6.92. The van der Waals surface area contributed by atoms with E-state index in [4.69, 9.17) is 13.7 Å². The van der Waals surface area contributed by atoms with E-state index in [1.807, 2.05) is 0 Å². The van der Waals surface area contributed by atoms with Crippen molar-refractivity contribution in [3.63, 3.8) is 0 Å². The Hall–Kier alpha value is -0.170. The van der Waals surface area contributed by atoms with E-state index < -0.39 is 16.1 Å². The molecule has 1 saturated heterocycles. The molecule has 90 valence electrons. The fourth-order valence-electron chi connectivity index (χ4n) is 1.36. The summed E-state index contributed by atoms with van der Waals surface area (Å²) in [5, 5.41) is 0. The number of rotatable bonds is 5. The molecule has 15 heavy (non-hydrogen) atoms. The van der Waals surface area contributed by atoms with E-state index in [-0.39, 0.29) is 11.7 Å². The first-order valence-corrected chi connectivity index (χ1v) is 6.71. The molecule has 5 nitrogen and oxygen atoms in total. The quantitative estimate of drug-likeness (QED) is 0.671. The molecule has 1 heterocycles. The van der Waals surface area contributed by atoms with Gasteiger partial charge in [-0.3, -0.25) is 0 Å². The van der Waals surface area contributed by atoms with Gasteiger partial charge in [0.25, 0.3) is 10.1 Å². The van der Waals surface area contributed by atoms with Gasteiger partial charge < -0.3 is 9.47 Å². The van der Waals surface area contributed by atoms with Gasteiger partial charge in [-0.25, -0.2) is 4.18 Å². The lowest BCUT2D eigenvalue weighted by atomic mass is 10.2. The van der Waals surface area contributed by atoms with Crippen molar-refractivity contribution in [2.75, 3.05) is 19.0 Å². The van der Waals surface area contributed by atoms with Crippen molar-refractivity contribution >= 4 is 10.1 Å². The summed E-state index contributed by atoms with van der Waals surface area (Å²) in [6.07, 6.45) is 0.510. The van der Waals surface area contributed by atoms with Gasteiger partial charge in [0, 0.05) is 5.92 Å². The van der Waals surface area contributed by atoms with Gasteiger partial charge in [0.15, 0.2) is 0 Å². The van der Waals surface area contributed by atoms with E-state index in [2.05, 4.69) is 0 Å². The molecule has 1 rings (SSSR count). The maximum Gasteiger partial charge on any atom is 0.300 e. The Morgan fingerprint density at radius 2 is 1.87 bits per heavy atom. The van der Waals surface area contributed by atoms with Crippen LogP contribution < -0.4 is 0 Å². The van der Waals surface area contributed by atoms with Crippen LogP contribution in [0.25, 0.3) is 0 Å². The van der Waals surface area contributed by atoms with Crippen molar-refractivity contribution in [1.29, 1.82) is 0 Å². The molecule has 0 aromatic heterocycles. The zero-order chi connectivity index (χ0) is 11.5. The van der Waals surface area contributed by atoms with Crippen molar-refractivity contribution in [3.8, 4) is 0 Å². The van der Waals surface area contributed by atoms with Gasteiger partial charge in [0.05, 0.1) is 19.0 Å². The highest BCUT2D eigenvalue weighted by molar-refractivity contribution is 7.86. The van der Waals surface area contributed by atoms with Crippen LogP contribution in [0.5, 0.6) is 0 Å². The standard InChI is InChI=1S/C9H18O5S/c1-4-7-15(10,11)14-9(8(2)3)12-5-6-13-9/h8H,4-7H2,1-3H3. The van der Waals surface area contributed by atoms with Gasteiger partial charge in [0.2, 0.25) is 0 Å². The first-order valence-electron chi connectivity index (χ1n) is 5.13. The number of hydrogen-bond donors (Lipinski definition) is 0. The van der Waals surface area contributed by atoms with E-state index in [0.717, 1.165) is 0 Å². The summed E-state index contributed by atoms with van der Waals surface area (Å²) in [6.45, 7) is 6.10. The normalized spacial score (nSPS) is 21.1. The minimum absolute atomic E-state index is 0.0197. The summed E-state index contributed by atoms with van der Waals surface area (Å²) in [5.41, 5.74) is 0. The summed E-state index contributed by atoms with van der Waals surface area (Å²) in [7, 11) is -3.57. The fraction of sp³-hybridized carbons (Fsp3) is 1.00. The average Bonchev–Trinajstić information content (AvgIpc) is 2.52. The van der Waals surface area contributed by atoms with Crippen LogP contribution in [0.4, 0.5) is 0 Å². The van der Waals surface area contributed by atoms with Crippen LogP contribution in [0, 0.1) is 5.92 Å². The lowest BCUT2D eigenvalue weighted by molar-refractivity contribution is -0.308. The van der Waals surface area contributed by atoms with Crippen molar-refractivity contribution < 1.29 is 22.1 Å². The smallest absolute Gasteiger partial charge is 0.300 e. The summed E-state index contributed by atoms with van der Waals surface area (Å²) in [5.74, 6) is -1.60. The summed E-state index contributed by atoms with van der Waals surface area (Å²) >= 11 is 0. The molecule has 0 aliphatic carbocycles. The predicted molar refractivity (Wildman–Crippen MR) is 54.6 cm³/mol. The SMILES string of the molecule is CCCS(=O)(=O)OC1(C(C)C)OCCO1. The fourth-order valence-corrected chi connectivity index (χ4v) is 2.58. The maximum absolute atomic E-state index is 11.5. The van der Waals surface area contributed by atoms with Gasteiger partial charge in [-0.1, -0.05) is 20.8 Å². The highest BCUT2D eigenvalue weighted by atomic mass is 32.2. The Morgan fingerprint density at radius 1 is 1.33 bits per heavy atom. The van der Waals surface area contributed by atoms with Crippen LogP contribution in [0.2, 0.25) is 0 Å². The Balaban J connectivity index is 2.76. The molecule has 0 spiro atoms. The van der Waals surface area contributed by atoms with E-state index >= 15 is 0 Å². The molecular weight excluding hydrogens is 220 g/mol. The van der Waals surface area contributed by atoms with Crippen LogP contribution in [0.1, 0.15) is 27.2 Å². The largest absolute Gasteiger partial charge is 0.324 e. The third kappa shape index (κ3) is 3.14.